The molecule has 3 rings (SSSR count). The van der Waals surface area contributed by atoms with E-state index in [4.69, 9.17) is 5.10 Å². The fourth-order valence-electron chi connectivity index (χ4n) is 3.58. The highest BCUT2D eigenvalue weighted by molar-refractivity contribution is 5.90. The second-order valence-electron chi connectivity index (χ2n) is 6.71. The van der Waals surface area contributed by atoms with Crippen LogP contribution in [0.25, 0.3) is 0 Å². The zero-order chi connectivity index (χ0) is 17.1. The van der Waals surface area contributed by atoms with Gasteiger partial charge >= 0.3 is 0 Å². The summed E-state index contributed by atoms with van der Waals surface area (Å²) in [5.74, 6) is 0.556. The second kappa shape index (κ2) is 7.07. The van der Waals surface area contributed by atoms with E-state index < -0.39 is 0 Å². The first-order chi connectivity index (χ1) is 11.5. The Hall–Kier alpha value is -2.30. The van der Waals surface area contributed by atoms with Gasteiger partial charge in [-0.3, -0.25) is 9.48 Å². The van der Waals surface area contributed by atoms with E-state index >= 15 is 0 Å². The van der Waals surface area contributed by atoms with Gasteiger partial charge in [0, 0.05) is 49.6 Å². The van der Waals surface area contributed by atoms with Crippen molar-refractivity contribution in [1.82, 2.24) is 9.78 Å². The van der Waals surface area contributed by atoms with Crippen molar-refractivity contribution in [2.45, 2.75) is 52.0 Å². The Kier molecular flexibility index (Phi) is 4.88. The molecule has 1 aromatic heterocycles. The van der Waals surface area contributed by atoms with Gasteiger partial charge in [-0.15, -0.1) is 0 Å². The molecule has 2 N–H and O–H groups in total. The molecular weight excluding hydrogens is 300 g/mol. The van der Waals surface area contributed by atoms with Crippen LogP contribution >= 0.6 is 0 Å². The van der Waals surface area contributed by atoms with Gasteiger partial charge in [0.1, 0.15) is 0 Å². The number of anilines is 2. The van der Waals surface area contributed by atoms with E-state index in [1.165, 1.54) is 43.9 Å². The Balaban J connectivity index is 1.75. The first-order valence-electron chi connectivity index (χ1n) is 8.68. The predicted molar refractivity (Wildman–Crippen MR) is 97.2 cm³/mol. The van der Waals surface area contributed by atoms with Gasteiger partial charge in [-0.2, -0.15) is 5.10 Å². The minimum Gasteiger partial charge on any atom is -0.381 e. The fraction of sp³-hybridized carbons (Fsp3) is 0.474. The molecule has 1 fully saturated rings. The van der Waals surface area contributed by atoms with Crippen molar-refractivity contribution < 1.29 is 4.79 Å². The Morgan fingerprint density at radius 2 is 2.00 bits per heavy atom. The van der Waals surface area contributed by atoms with E-state index in [9.17, 15) is 4.79 Å². The third kappa shape index (κ3) is 3.61. The summed E-state index contributed by atoms with van der Waals surface area (Å²) >= 11 is 0. The monoisotopic (exact) mass is 326 g/mol. The topological polar surface area (TPSA) is 59.0 Å². The third-order valence-electron chi connectivity index (χ3n) is 4.79. The van der Waals surface area contributed by atoms with Gasteiger partial charge in [0.25, 0.3) is 0 Å². The molecule has 0 atom stereocenters. The smallest absolute Gasteiger partial charge is 0.221 e. The summed E-state index contributed by atoms with van der Waals surface area (Å²) in [5, 5.41) is 11.1. The maximum Gasteiger partial charge on any atom is 0.221 e. The SMILES string of the molecule is CC(=O)Nc1cccc(NCc2cn(C)nc2C2CCCC2)c1C. The summed E-state index contributed by atoms with van der Waals surface area (Å²) in [7, 11) is 1.99. The molecule has 1 saturated carbocycles. The summed E-state index contributed by atoms with van der Waals surface area (Å²) in [6, 6.07) is 5.93. The van der Waals surface area contributed by atoms with Crippen LogP contribution in [0.3, 0.4) is 0 Å². The molecule has 0 saturated heterocycles. The molecule has 1 aliphatic rings. The van der Waals surface area contributed by atoms with Crippen LogP contribution in [-0.4, -0.2) is 15.7 Å². The molecule has 0 bridgehead atoms. The van der Waals surface area contributed by atoms with Crippen molar-refractivity contribution in [1.29, 1.82) is 0 Å². The molecule has 1 heterocycles. The highest BCUT2D eigenvalue weighted by Crippen LogP contribution is 2.35. The molecule has 5 nitrogen and oxygen atoms in total. The highest BCUT2D eigenvalue weighted by Gasteiger charge is 2.22. The zero-order valence-corrected chi connectivity index (χ0v) is 14.7. The number of aryl methyl sites for hydroxylation is 1. The van der Waals surface area contributed by atoms with Gasteiger partial charge < -0.3 is 10.6 Å². The Bertz CT molecular complexity index is 729. The number of nitrogens with one attached hydrogen (secondary N) is 2. The van der Waals surface area contributed by atoms with Crippen molar-refractivity contribution >= 4 is 17.3 Å². The molecule has 128 valence electrons. The minimum atomic E-state index is -0.0500. The van der Waals surface area contributed by atoms with Crippen LogP contribution in [0.5, 0.6) is 0 Å². The fourth-order valence-corrected chi connectivity index (χ4v) is 3.58. The van der Waals surface area contributed by atoms with Crippen molar-refractivity contribution in [3.05, 3.63) is 41.2 Å². The van der Waals surface area contributed by atoms with Crippen LogP contribution in [0, 0.1) is 6.92 Å². The highest BCUT2D eigenvalue weighted by atomic mass is 16.1. The number of rotatable bonds is 5. The van der Waals surface area contributed by atoms with E-state index in [0.29, 0.717) is 5.92 Å². The van der Waals surface area contributed by atoms with Crippen molar-refractivity contribution in [2.24, 2.45) is 7.05 Å². The summed E-state index contributed by atoms with van der Waals surface area (Å²) in [4.78, 5) is 11.3. The van der Waals surface area contributed by atoms with Crippen LogP contribution in [0.15, 0.2) is 24.4 Å². The van der Waals surface area contributed by atoms with Crippen LogP contribution in [-0.2, 0) is 18.4 Å². The standard InChI is InChI=1S/C19H26N4O/c1-13-17(9-6-10-18(13)21-14(2)24)20-11-16-12-23(3)22-19(16)15-7-4-5-8-15/h6,9-10,12,15,20H,4-5,7-8,11H2,1-3H3,(H,21,24). The lowest BCUT2D eigenvalue weighted by molar-refractivity contribution is -0.114. The van der Waals surface area contributed by atoms with Crippen LogP contribution in [0.2, 0.25) is 0 Å². The zero-order valence-electron chi connectivity index (χ0n) is 14.7. The van der Waals surface area contributed by atoms with E-state index in [2.05, 4.69) is 16.8 Å². The first-order valence-corrected chi connectivity index (χ1v) is 8.68. The average molecular weight is 326 g/mol. The molecule has 0 aliphatic heterocycles. The van der Waals surface area contributed by atoms with E-state index in [1.807, 2.05) is 36.9 Å². The molecule has 1 aliphatic carbocycles. The molecule has 0 spiro atoms. The lowest BCUT2D eigenvalue weighted by atomic mass is 10.0. The number of benzene rings is 1. The number of carbonyl (C=O) groups excluding carboxylic acids is 1. The molecule has 2 aromatic rings. The van der Waals surface area contributed by atoms with E-state index in [-0.39, 0.29) is 5.91 Å². The maximum absolute atomic E-state index is 11.3. The van der Waals surface area contributed by atoms with E-state index in [0.717, 1.165) is 23.5 Å². The normalized spacial score (nSPS) is 14.8. The lowest BCUT2D eigenvalue weighted by Gasteiger charge is -2.14. The lowest BCUT2D eigenvalue weighted by Crippen LogP contribution is -2.09. The van der Waals surface area contributed by atoms with Gasteiger partial charge in [0.05, 0.1) is 5.69 Å². The van der Waals surface area contributed by atoms with Crippen LogP contribution < -0.4 is 10.6 Å². The molecule has 5 heteroatoms. The third-order valence-corrected chi connectivity index (χ3v) is 4.79. The first kappa shape index (κ1) is 16.6. The van der Waals surface area contributed by atoms with Gasteiger partial charge in [-0.05, 0) is 37.5 Å². The Labute approximate surface area is 143 Å². The van der Waals surface area contributed by atoms with Gasteiger partial charge in [-0.1, -0.05) is 18.9 Å². The molecule has 0 unspecified atom stereocenters. The van der Waals surface area contributed by atoms with Crippen LogP contribution in [0.1, 0.15) is 55.3 Å². The number of carbonyl (C=O) groups is 1. The predicted octanol–water partition coefficient (Wildman–Crippen LogP) is 3.96. The number of nitrogens with zero attached hydrogens (tertiary/aromatic N) is 2. The number of hydrogen-bond acceptors (Lipinski definition) is 3. The van der Waals surface area contributed by atoms with Crippen LogP contribution in [0.4, 0.5) is 11.4 Å². The summed E-state index contributed by atoms with van der Waals surface area (Å²) in [6.45, 7) is 4.31. The van der Waals surface area contributed by atoms with Gasteiger partial charge in [0.2, 0.25) is 5.91 Å². The molecular formula is C19H26N4O. The van der Waals surface area contributed by atoms with Crippen molar-refractivity contribution in [2.75, 3.05) is 10.6 Å². The molecule has 1 aromatic carbocycles. The molecule has 24 heavy (non-hydrogen) atoms. The summed E-state index contributed by atoms with van der Waals surface area (Å²) < 4.78 is 1.92. The largest absolute Gasteiger partial charge is 0.381 e. The van der Waals surface area contributed by atoms with Crippen molar-refractivity contribution in [3.8, 4) is 0 Å². The number of aromatic nitrogens is 2. The second-order valence-corrected chi connectivity index (χ2v) is 6.71. The Morgan fingerprint density at radius 1 is 1.29 bits per heavy atom. The van der Waals surface area contributed by atoms with Gasteiger partial charge in [0.15, 0.2) is 0 Å². The average Bonchev–Trinajstić information content (AvgIpc) is 3.17. The van der Waals surface area contributed by atoms with E-state index in [1.54, 1.807) is 0 Å². The maximum atomic E-state index is 11.3. The Morgan fingerprint density at radius 3 is 2.71 bits per heavy atom. The van der Waals surface area contributed by atoms with Crippen molar-refractivity contribution in [3.63, 3.8) is 0 Å². The van der Waals surface area contributed by atoms with Gasteiger partial charge in [-0.25, -0.2) is 0 Å². The quantitative estimate of drug-likeness (QED) is 0.874. The summed E-state index contributed by atoms with van der Waals surface area (Å²) in [6.07, 6.45) is 7.24. The molecule has 1 amide bonds. The minimum absolute atomic E-state index is 0.0500. The number of hydrogen-bond donors (Lipinski definition) is 2. The molecule has 0 radical (unpaired) electrons. The number of amides is 1. The summed E-state index contributed by atoms with van der Waals surface area (Å²) in [5.41, 5.74) is 5.48.